The first kappa shape index (κ1) is 23.2. The molecule has 4 heterocycles. The van der Waals surface area contributed by atoms with E-state index in [4.69, 9.17) is 0 Å². The highest BCUT2D eigenvalue weighted by atomic mass is 19.4. The van der Waals surface area contributed by atoms with Gasteiger partial charge in [0.15, 0.2) is 11.5 Å². The molecule has 1 aliphatic heterocycles. The number of halogens is 3. The molecule has 0 saturated heterocycles. The van der Waals surface area contributed by atoms with Gasteiger partial charge in [-0.3, -0.25) is 4.79 Å². The van der Waals surface area contributed by atoms with E-state index in [1.807, 2.05) is 18.2 Å². The lowest BCUT2D eigenvalue weighted by Crippen LogP contribution is -2.30. The minimum absolute atomic E-state index is 0.0159. The maximum atomic E-state index is 13.5. The summed E-state index contributed by atoms with van der Waals surface area (Å²) >= 11 is 0. The smallest absolute Gasteiger partial charge is 0.324 e. The maximum absolute atomic E-state index is 13.5. The number of nitriles is 1. The summed E-state index contributed by atoms with van der Waals surface area (Å²) in [6, 6.07) is 12.9. The van der Waals surface area contributed by atoms with Crippen LogP contribution in [-0.4, -0.2) is 37.0 Å². The Balaban J connectivity index is 1.47. The highest BCUT2D eigenvalue weighted by Gasteiger charge is 2.46. The van der Waals surface area contributed by atoms with Crippen molar-refractivity contribution in [1.29, 1.82) is 5.26 Å². The maximum Gasteiger partial charge on any atom is 0.408 e. The topological polar surface area (TPSA) is 113 Å². The predicted octanol–water partition coefficient (Wildman–Crippen LogP) is 3.48. The Morgan fingerprint density at radius 2 is 2.00 bits per heavy atom. The van der Waals surface area contributed by atoms with Gasteiger partial charge in [-0.1, -0.05) is 12.1 Å². The second kappa shape index (κ2) is 8.41. The number of nitrogens with one attached hydrogen (secondary N) is 2. The van der Waals surface area contributed by atoms with E-state index in [0.717, 1.165) is 35.4 Å². The van der Waals surface area contributed by atoms with Crippen molar-refractivity contribution in [2.45, 2.75) is 43.9 Å². The Morgan fingerprint density at radius 1 is 1.16 bits per heavy atom. The number of hydrogen-bond acceptors (Lipinski definition) is 7. The Bertz CT molecular complexity index is 1630. The van der Waals surface area contributed by atoms with Crippen LogP contribution in [0.5, 0.6) is 0 Å². The minimum Gasteiger partial charge on any atom is -0.324 e. The molecule has 188 valence electrons. The number of anilines is 2. The van der Waals surface area contributed by atoms with Crippen molar-refractivity contribution in [2.75, 3.05) is 11.9 Å². The van der Waals surface area contributed by atoms with E-state index in [1.54, 1.807) is 12.1 Å². The van der Waals surface area contributed by atoms with E-state index in [0.29, 0.717) is 23.2 Å². The lowest BCUT2D eigenvalue weighted by atomic mass is 10.0. The Morgan fingerprint density at radius 3 is 2.76 bits per heavy atom. The van der Waals surface area contributed by atoms with Gasteiger partial charge in [-0.2, -0.15) is 23.4 Å². The van der Waals surface area contributed by atoms with Crippen LogP contribution in [0.25, 0.3) is 16.9 Å². The van der Waals surface area contributed by atoms with E-state index < -0.39 is 23.7 Å². The average Bonchev–Trinajstić information content (AvgIpc) is 3.64. The summed E-state index contributed by atoms with van der Waals surface area (Å²) in [5, 5.41) is 15.9. The van der Waals surface area contributed by atoms with Gasteiger partial charge in [0.05, 0.1) is 17.2 Å². The molecule has 0 radical (unpaired) electrons. The van der Waals surface area contributed by atoms with Gasteiger partial charge in [0.25, 0.3) is 5.56 Å². The summed E-state index contributed by atoms with van der Waals surface area (Å²) in [4.78, 5) is 26.1. The van der Waals surface area contributed by atoms with Gasteiger partial charge in [0, 0.05) is 18.4 Å². The van der Waals surface area contributed by atoms with Gasteiger partial charge in [0.2, 0.25) is 5.95 Å². The summed E-state index contributed by atoms with van der Waals surface area (Å²) < 4.78 is 42.1. The van der Waals surface area contributed by atoms with Gasteiger partial charge in [-0.25, -0.2) is 19.3 Å². The van der Waals surface area contributed by atoms with E-state index in [-0.39, 0.29) is 22.8 Å². The molecule has 1 aromatic carbocycles. The van der Waals surface area contributed by atoms with Crippen molar-refractivity contribution in [1.82, 2.24) is 29.6 Å². The molecular weight excluding hydrogens is 485 g/mol. The van der Waals surface area contributed by atoms with Crippen molar-refractivity contribution in [2.24, 2.45) is 0 Å². The number of rotatable bonds is 5. The molecule has 1 saturated carbocycles. The molecule has 3 aromatic heterocycles. The van der Waals surface area contributed by atoms with Gasteiger partial charge < -0.3 is 10.6 Å². The number of nitrogens with zero attached hydrogens (tertiary/aromatic N) is 6. The number of aromatic nitrogens is 5. The molecule has 1 aliphatic carbocycles. The fourth-order valence-electron chi connectivity index (χ4n) is 4.68. The van der Waals surface area contributed by atoms with Crippen LogP contribution < -0.4 is 16.2 Å². The van der Waals surface area contributed by atoms with Gasteiger partial charge in [-0.15, -0.1) is 0 Å². The second-order valence-corrected chi connectivity index (χ2v) is 9.33. The van der Waals surface area contributed by atoms with E-state index >= 15 is 0 Å². The van der Waals surface area contributed by atoms with Crippen LogP contribution in [-0.2, 0) is 24.9 Å². The lowest BCUT2D eigenvalue weighted by molar-refractivity contribution is -0.144. The number of fused-ring (bicyclic) bond motifs is 2. The SMILES string of the molecule is N#CC1(c2cccc(-n3c4nc(Nc5ccc6c(c5)CNCC6)ncc4c(=O)n3CC(F)(F)F)n2)CC1. The van der Waals surface area contributed by atoms with Crippen molar-refractivity contribution in [3.8, 4) is 11.9 Å². The van der Waals surface area contributed by atoms with Crippen LogP contribution in [0.2, 0.25) is 0 Å². The zero-order chi connectivity index (χ0) is 25.8. The highest BCUT2D eigenvalue weighted by molar-refractivity contribution is 5.77. The number of benzene rings is 1. The van der Waals surface area contributed by atoms with E-state index in [2.05, 4.69) is 31.7 Å². The van der Waals surface area contributed by atoms with Gasteiger partial charge >= 0.3 is 6.18 Å². The van der Waals surface area contributed by atoms with Crippen LogP contribution in [0, 0.1) is 11.3 Å². The third-order valence-electron chi connectivity index (χ3n) is 6.76. The van der Waals surface area contributed by atoms with Crippen molar-refractivity contribution < 1.29 is 13.2 Å². The van der Waals surface area contributed by atoms with Gasteiger partial charge in [0.1, 0.15) is 11.9 Å². The molecule has 2 N–H and O–H groups in total. The molecule has 1 fully saturated rings. The predicted molar refractivity (Wildman–Crippen MR) is 129 cm³/mol. The molecule has 0 spiro atoms. The second-order valence-electron chi connectivity index (χ2n) is 9.33. The summed E-state index contributed by atoms with van der Waals surface area (Å²) in [5.41, 5.74) is 1.90. The molecular formula is C25H21F3N8O. The third kappa shape index (κ3) is 4.21. The normalized spacial score (nSPS) is 16.3. The standard InChI is InChI=1S/C25H21F3N8O/c26-25(27,28)14-35-22(37)18-12-31-23(32-17-5-4-15-6-9-30-11-16(15)10-17)34-21(18)36(35)20-3-1-2-19(33-20)24(13-29)7-8-24/h1-5,10,12,30H,6-9,11,14H2,(H,31,32,34). The lowest BCUT2D eigenvalue weighted by Gasteiger charge is -2.18. The van der Waals surface area contributed by atoms with Crippen molar-refractivity contribution in [3.05, 3.63) is 69.8 Å². The monoisotopic (exact) mass is 506 g/mol. The Kier molecular flexibility index (Phi) is 5.27. The van der Waals surface area contributed by atoms with Crippen molar-refractivity contribution >= 4 is 22.7 Å². The first-order valence-corrected chi connectivity index (χ1v) is 11.8. The summed E-state index contributed by atoms with van der Waals surface area (Å²) in [6.45, 7) is 0.117. The molecule has 2 aliphatic rings. The van der Waals surface area contributed by atoms with Crippen LogP contribution in [0.4, 0.5) is 24.8 Å². The molecule has 0 bridgehead atoms. The first-order chi connectivity index (χ1) is 17.8. The van der Waals surface area contributed by atoms with Gasteiger partial charge in [-0.05, 0) is 61.2 Å². The fourth-order valence-corrected chi connectivity index (χ4v) is 4.68. The largest absolute Gasteiger partial charge is 0.408 e. The Labute approximate surface area is 208 Å². The van der Waals surface area contributed by atoms with E-state index in [1.165, 1.54) is 17.8 Å². The van der Waals surface area contributed by atoms with Crippen LogP contribution in [0.1, 0.15) is 29.7 Å². The Hall–Kier alpha value is -4.24. The van der Waals surface area contributed by atoms with E-state index in [9.17, 15) is 23.2 Å². The molecule has 0 atom stereocenters. The van der Waals surface area contributed by atoms with Crippen molar-refractivity contribution in [3.63, 3.8) is 0 Å². The zero-order valence-corrected chi connectivity index (χ0v) is 19.5. The average molecular weight is 506 g/mol. The summed E-state index contributed by atoms with van der Waals surface area (Å²) in [5.74, 6) is 0.195. The number of pyridine rings is 1. The summed E-state index contributed by atoms with van der Waals surface area (Å²) in [7, 11) is 0. The molecule has 4 aromatic rings. The quantitative estimate of drug-likeness (QED) is 0.426. The fraction of sp³-hybridized carbons (Fsp3) is 0.320. The minimum atomic E-state index is -4.66. The summed E-state index contributed by atoms with van der Waals surface area (Å²) in [6.07, 6.45) is -1.28. The number of alkyl halides is 3. The molecule has 0 amide bonds. The van der Waals surface area contributed by atoms with Crippen LogP contribution in [0.3, 0.4) is 0 Å². The molecule has 12 heteroatoms. The number of hydrogen-bond donors (Lipinski definition) is 2. The first-order valence-electron chi connectivity index (χ1n) is 11.8. The van der Waals surface area contributed by atoms with Crippen LogP contribution in [0.15, 0.2) is 47.4 Å². The highest BCUT2D eigenvalue weighted by Crippen LogP contribution is 2.46. The zero-order valence-electron chi connectivity index (χ0n) is 19.5. The third-order valence-corrected chi connectivity index (χ3v) is 6.76. The van der Waals surface area contributed by atoms with Crippen LogP contribution >= 0.6 is 0 Å². The molecule has 0 unspecified atom stereocenters. The molecule has 6 rings (SSSR count). The molecule has 9 nitrogen and oxygen atoms in total. The molecule has 37 heavy (non-hydrogen) atoms.